The Balaban J connectivity index is 1.86. The first-order chi connectivity index (χ1) is 14.5. The maximum Gasteiger partial charge on any atom is 0.119 e. The lowest BCUT2D eigenvalue weighted by molar-refractivity contribution is 0.0189. The zero-order chi connectivity index (χ0) is 21.5. The van der Waals surface area contributed by atoms with Crippen LogP contribution in [0.25, 0.3) is 11.0 Å². The summed E-state index contributed by atoms with van der Waals surface area (Å²) in [5.74, 6) is 0.683. The molecular formula is C23H31N3O4. The number of benzene rings is 2. The number of imidazole rings is 1. The fraction of sp³-hybridized carbons (Fsp3) is 0.435. The molecule has 0 fully saturated rings. The predicted molar refractivity (Wildman–Crippen MR) is 118 cm³/mol. The zero-order valence-electron chi connectivity index (χ0n) is 17.8. The molecule has 7 nitrogen and oxygen atoms in total. The number of ether oxygens (including phenoxy) is 2. The van der Waals surface area contributed by atoms with Crippen molar-refractivity contribution in [1.82, 2.24) is 9.55 Å². The molecule has 0 saturated carbocycles. The van der Waals surface area contributed by atoms with Crippen LogP contribution < -0.4 is 10.1 Å². The second-order valence-electron chi connectivity index (χ2n) is 7.41. The Hall–Kier alpha value is -2.61. The van der Waals surface area contributed by atoms with Crippen molar-refractivity contribution in [2.75, 3.05) is 25.6 Å². The van der Waals surface area contributed by atoms with Gasteiger partial charge in [-0.2, -0.15) is 0 Å². The van der Waals surface area contributed by atoms with Gasteiger partial charge in [0.15, 0.2) is 0 Å². The number of hydrogen-bond acceptors (Lipinski definition) is 6. The first-order valence-corrected chi connectivity index (χ1v) is 10.3. The summed E-state index contributed by atoms with van der Waals surface area (Å²) in [5, 5.41) is 24.1. The SMILES string of the molecule is CCCn1cnc2cc(N[C@H](c3cccc(OCCOC)c3)[C@H](O)[C@H](C)O)ccc21. The van der Waals surface area contributed by atoms with E-state index in [1.165, 1.54) is 0 Å². The summed E-state index contributed by atoms with van der Waals surface area (Å²) < 4.78 is 12.9. The Kier molecular flexibility index (Phi) is 7.68. The summed E-state index contributed by atoms with van der Waals surface area (Å²) in [6.45, 7) is 5.56. The van der Waals surface area contributed by atoms with Crippen LogP contribution in [0.3, 0.4) is 0 Å². The van der Waals surface area contributed by atoms with E-state index in [0.717, 1.165) is 35.2 Å². The number of aliphatic hydroxyl groups is 2. The average molecular weight is 414 g/mol. The van der Waals surface area contributed by atoms with Crippen molar-refractivity contribution < 1.29 is 19.7 Å². The number of nitrogens with one attached hydrogen (secondary N) is 1. The van der Waals surface area contributed by atoms with Crippen molar-refractivity contribution in [3.8, 4) is 5.75 Å². The molecule has 3 rings (SSSR count). The van der Waals surface area contributed by atoms with Gasteiger partial charge in [0, 0.05) is 19.3 Å². The Bertz CT molecular complexity index is 941. The third-order valence-corrected chi connectivity index (χ3v) is 5.02. The lowest BCUT2D eigenvalue weighted by atomic mass is 9.97. The van der Waals surface area contributed by atoms with E-state index in [9.17, 15) is 10.2 Å². The number of hydrogen-bond donors (Lipinski definition) is 3. The fourth-order valence-corrected chi connectivity index (χ4v) is 3.44. The largest absolute Gasteiger partial charge is 0.491 e. The lowest BCUT2D eigenvalue weighted by Crippen LogP contribution is -2.34. The first kappa shape index (κ1) is 22.1. The maximum atomic E-state index is 10.7. The van der Waals surface area contributed by atoms with Gasteiger partial charge in [-0.1, -0.05) is 19.1 Å². The van der Waals surface area contributed by atoms with E-state index in [1.54, 1.807) is 14.0 Å². The molecule has 1 heterocycles. The zero-order valence-corrected chi connectivity index (χ0v) is 17.8. The highest BCUT2D eigenvalue weighted by molar-refractivity contribution is 5.79. The number of fused-ring (bicyclic) bond motifs is 1. The van der Waals surface area contributed by atoms with Gasteiger partial charge in [0.1, 0.15) is 18.5 Å². The number of rotatable bonds is 11. The van der Waals surface area contributed by atoms with Crippen LogP contribution in [0.1, 0.15) is 31.9 Å². The van der Waals surface area contributed by atoms with Crippen LogP contribution in [0.4, 0.5) is 5.69 Å². The Morgan fingerprint density at radius 3 is 2.70 bits per heavy atom. The van der Waals surface area contributed by atoms with Gasteiger partial charge in [0.05, 0.1) is 36.1 Å². The molecular weight excluding hydrogens is 382 g/mol. The quantitative estimate of drug-likeness (QED) is 0.418. The molecule has 0 bridgehead atoms. The minimum absolute atomic E-state index is 0.439. The van der Waals surface area contributed by atoms with Gasteiger partial charge in [-0.3, -0.25) is 0 Å². The second kappa shape index (κ2) is 10.4. The van der Waals surface area contributed by atoms with E-state index < -0.39 is 18.2 Å². The van der Waals surface area contributed by atoms with E-state index in [1.807, 2.05) is 48.8 Å². The standard InChI is InChI=1S/C23H31N3O4/c1-4-10-26-15-24-20-14-18(8-9-21(20)26)25-22(23(28)16(2)27)17-6-5-7-19(13-17)30-12-11-29-3/h5-9,13-16,22-23,25,27-28H,4,10-12H2,1-3H3/t16-,22+,23+/m0/s1. The van der Waals surface area contributed by atoms with Crippen molar-refractivity contribution >= 4 is 16.7 Å². The van der Waals surface area contributed by atoms with Crippen molar-refractivity contribution in [3.63, 3.8) is 0 Å². The number of aliphatic hydroxyl groups excluding tert-OH is 2. The Morgan fingerprint density at radius 2 is 1.97 bits per heavy atom. The van der Waals surface area contributed by atoms with Gasteiger partial charge < -0.3 is 29.6 Å². The molecule has 0 aliphatic rings. The van der Waals surface area contributed by atoms with E-state index in [2.05, 4.69) is 21.8 Å². The Labute approximate surface area is 177 Å². The summed E-state index contributed by atoms with van der Waals surface area (Å²) in [5.41, 5.74) is 3.59. The molecule has 0 aliphatic heterocycles. The molecule has 0 saturated heterocycles. The van der Waals surface area contributed by atoms with Crippen molar-refractivity contribution in [1.29, 1.82) is 0 Å². The van der Waals surface area contributed by atoms with Gasteiger partial charge in [0.2, 0.25) is 0 Å². The van der Waals surface area contributed by atoms with Gasteiger partial charge in [-0.05, 0) is 49.2 Å². The van der Waals surface area contributed by atoms with Gasteiger partial charge >= 0.3 is 0 Å². The molecule has 7 heteroatoms. The number of anilines is 1. The second-order valence-corrected chi connectivity index (χ2v) is 7.41. The molecule has 3 N–H and O–H groups in total. The van der Waals surface area contributed by atoms with Gasteiger partial charge in [-0.25, -0.2) is 4.98 Å². The summed E-state index contributed by atoms with van der Waals surface area (Å²) in [4.78, 5) is 4.49. The van der Waals surface area contributed by atoms with E-state index in [4.69, 9.17) is 9.47 Å². The van der Waals surface area contributed by atoms with Crippen LogP contribution in [-0.4, -0.2) is 52.3 Å². The number of aromatic nitrogens is 2. The van der Waals surface area contributed by atoms with Crippen LogP contribution in [-0.2, 0) is 11.3 Å². The lowest BCUT2D eigenvalue weighted by Gasteiger charge is -2.28. The molecule has 3 aromatic rings. The third-order valence-electron chi connectivity index (χ3n) is 5.02. The molecule has 0 aliphatic carbocycles. The third kappa shape index (κ3) is 5.30. The number of methoxy groups -OCH3 is 1. The molecule has 0 unspecified atom stereocenters. The molecule has 162 valence electrons. The molecule has 0 spiro atoms. The van der Waals surface area contributed by atoms with Crippen molar-refractivity contribution in [2.45, 2.75) is 45.1 Å². The highest BCUT2D eigenvalue weighted by Crippen LogP contribution is 2.29. The smallest absolute Gasteiger partial charge is 0.119 e. The molecule has 3 atom stereocenters. The van der Waals surface area contributed by atoms with E-state index >= 15 is 0 Å². The van der Waals surface area contributed by atoms with Crippen molar-refractivity contribution in [3.05, 3.63) is 54.4 Å². The molecule has 30 heavy (non-hydrogen) atoms. The molecule has 2 aromatic carbocycles. The van der Waals surface area contributed by atoms with Crippen LogP contribution in [0.15, 0.2) is 48.8 Å². The summed E-state index contributed by atoms with van der Waals surface area (Å²) in [6, 6.07) is 12.9. The number of aryl methyl sites for hydroxylation is 1. The molecule has 1 aromatic heterocycles. The topological polar surface area (TPSA) is 88.8 Å². The first-order valence-electron chi connectivity index (χ1n) is 10.3. The van der Waals surface area contributed by atoms with E-state index in [0.29, 0.717) is 19.0 Å². The predicted octanol–water partition coefficient (Wildman–Crippen LogP) is 3.37. The van der Waals surface area contributed by atoms with Crippen LogP contribution in [0.5, 0.6) is 5.75 Å². The highest BCUT2D eigenvalue weighted by atomic mass is 16.5. The average Bonchev–Trinajstić information content (AvgIpc) is 3.14. The Morgan fingerprint density at radius 1 is 1.13 bits per heavy atom. The van der Waals surface area contributed by atoms with Crippen LogP contribution >= 0.6 is 0 Å². The molecule has 0 amide bonds. The summed E-state index contributed by atoms with van der Waals surface area (Å²) in [6.07, 6.45) is 0.971. The summed E-state index contributed by atoms with van der Waals surface area (Å²) in [7, 11) is 1.63. The van der Waals surface area contributed by atoms with Crippen molar-refractivity contribution in [2.24, 2.45) is 0 Å². The monoisotopic (exact) mass is 413 g/mol. The van der Waals surface area contributed by atoms with Crippen LogP contribution in [0.2, 0.25) is 0 Å². The minimum Gasteiger partial charge on any atom is -0.491 e. The fourth-order valence-electron chi connectivity index (χ4n) is 3.44. The molecule has 0 radical (unpaired) electrons. The van der Waals surface area contributed by atoms with E-state index in [-0.39, 0.29) is 0 Å². The number of nitrogens with zero attached hydrogens (tertiary/aromatic N) is 2. The van der Waals surface area contributed by atoms with Gasteiger partial charge in [0.25, 0.3) is 0 Å². The van der Waals surface area contributed by atoms with Gasteiger partial charge in [-0.15, -0.1) is 0 Å². The highest BCUT2D eigenvalue weighted by Gasteiger charge is 2.26. The minimum atomic E-state index is -1.01. The van der Waals surface area contributed by atoms with Crippen LogP contribution in [0, 0.1) is 0 Å². The normalized spacial score (nSPS) is 14.4. The summed E-state index contributed by atoms with van der Waals surface area (Å²) >= 11 is 0. The maximum absolute atomic E-state index is 10.7.